The topological polar surface area (TPSA) is 37.3 Å². The molecule has 1 N–H and O–H groups in total. The molecule has 0 bridgehead atoms. The van der Waals surface area contributed by atoms with Gasteiger partial charge >= 0.3 is 0 Å². The maximum atomic E-state index is 12.8. The average molecular weight is 357 g/mol. The summed E-state index contributed by atoms with van der Waals surface area (Å²) < 4.78 is 12.8. The first-order valence-corrected chi connectivity index (χ1v) is 9.27. The molecule has 0 fully saturated rings. The highest BCUT2D eigenvalue weighted by Gasteiger charge is 2.33. The lowest BCUT2D eigenvalue weighted by atomic mass is 9.88. The number of rotatable bonds is 5. The van der Waals surface area contributed by atoms with Crippen LogP contribution in [0.25, 0.3) is 0 Å². The van der Waals surface area contributed by atoms with Gasteiger partial charge in [-0.2, -0.15) is 0 Å². The zero-order valence-corrected chi connectivity index (χ0v) is 14.5. The van der Waals surface area contributed by atoms with Gasteiger partial charge in [0.15, 0.2) is 0 Å². The predicted molar refractivity (Wildman–Crippen MR) is 98.6 cm³/mol. The summed E-state index contributed by atoms with van der Waals surface area (Å²) in [6.07, 6.45) is 0. The minimum Gasteiger partial charge on any atom is -0.379 e. The lowest BCUT2D eigenvalue weighted by Gasteiger charge is -2.29. The Morgan fingerprint density at radius 1 is 0.792 bits per heavy atom. The summed E-state index contributed by atoms with van der Waals surface area (Å²) in [6.45, 7) is 0. The molecule has 0 spiro atoms. The second-order valence-electron chi connectivity index (χ2n) is 5.54. The van der Waals surface area contributed by atoms with Gasteiger partial charge < -0.3 is 5.11 Å². The van der Waals surface area contributed by atoms with E-state index in [1.54, 1.807) is 24.3 Å². The molecule has 0 saturated heterocycles. The zero-order valence-electron chi connectivity index (χ0n) is 12.9. The summed E-state index contributed by atoms with van der Waals surface area (Å²) in [5, 5.41) is 12.0. The largest absolute Gasteiger partial charge is 0.379 e. The van der Waals surface area contributed by atoms with E-state index in [0.29, 0.717) is 9.92 Å². The Morgan fingerprint density at radius 2 is 1.25 bits per heavy atom. The summed E-state index contributed by atoms with van der Waals surface area (Å²) in [5.41, 5.74) is 0.115. The van der Waals surface area contributed by atoms with Crippen molar-refractivity contribution in [3.63, 3.8) is 0 Å². The molecular weight excluding hydrogens is 340 g/mol. The minimum atomic E-state index is -1.37. The molecule has 122 valence electrons. The number of halogens is 1. The van der Waals surface area contributed by atoms with E-state index < -0.39 is 16.4 Å². The van der Waals surface area contributed by atoms with E-state index in [9.17, 15) is 9.32 Å². The summed E-state index contributed by atoms with van der Waals surface area (Å²) in [6, 6.07) is 25.6. The van der Waals surface area contributed by atoms with Gasteiger partial charge in [-0.25, -0.2) is 0 Å². The summed E-state index contributed by atoms with van der Waals surface area (Å²) in [5.74, 6) is 0.0721. The first kappa shape index (κ1) is 16.9. The smallest absolute Gasteiger partial charge is 0.126 e. The Kier molecular flexibility index (Phi) is 5.14. The van der Waals surface area contributed by atoms with Crippen molar-refractivity contribution in [2.75, 3.05) is 5.75 Å². The van der Waals surface area contributed by atoms with E-state index in [0.717, 1.165) is 11.1 Å². The monoisotopic (exact) mass is 356 g/mol. The predicted octanol–water partition coefficient (Wildman–Crippen LogP) is 4.38. The first-order valence-electron chi connectivity index (χ1n) is 7.57. The molecule has 0 radical (unpaired) electrons. The molecule has 3 aromatic rings. The van der Waals surface area contributed by atoms with Crippen molar-refractivity contribution in [1.29, 1.82) is 0 Å². The van der Waals surface area contributed by atoms with Crippen LogP contribution in [-0.2, 0) is 16.4 Å². The van der Waals surface area contributed by atoms with Crippen molar-refractivity contribution < 1.29 is 9.32 Å². The van der Waals surface area contributed by atoms with Crippen LogP contribution < -0.4 is 0 Å². The Hall–Kier alpha value is -1.94. The normalized spacial score (nSPS) is 12.8. The van der Waals surface area contributed by atoms with Crippen LogP contribution >= 0.6 is 11.6 Å². The van der Waals surface area contributed by atoms with Crippen LogP contribution in [0.1, 0.15) is 11.1 Å². The Balaban J connectivity index is 2.00. The molecule has 3 rings (SSSR count). The van der Waals surface area contributed by atoms with E-state index in [4.69, 9.17) is 11.6 Å². The van der Waals surface area contributed by atoms with Crippen molar-refractivity contribution in [3.8, 4) is 0 Å². The number of aliphatic hydroxyl groups is 1. The molecule has 0 aromatic heterocycles. The van der Waals surface area contributed by atoms with Gasteiger partial charge in [-0.3, -0.25) is 4.21 Å². The van der Waals surface area contributed by atoms with E-state index >= 15 is 0 Å². The third kappa shape index (κ3) is 3.59. The molecule has 1 unspecified atom stereocenters. The highest BCUT2D eigenvalue weighted by atomic mass is 35.5. The Labute approximate surface area is 149 Å². The van der Waals surface area contributed by atoms with Crippen molar-refractivity contribution in [2.24, 2.45) is 0 Å². The van der Waals surface area contributed by atoms with Gasteiger partial charge in [-0.1, -0.05) is 72.3 Å². The molecule has 24 heavy (non-hydrogen) atoms. The molecule has 2 nitrogen and oxygen atoms in total. The van der Waals surface area contributed by atoms with E-state index in [-0.39, 0.29) is 5.75 Å². The van der Waals surface area contributed by atoms with Crippen molar-refractivity contribution >= 4 is 22.4 Å². The molecule has 4 heteroatoms. The number of hydrogen-bond donors (Lipinski definition) is 1. The van der Waals surface area contributed by atoms with Gasteiger partial charge in [0.05, 0.1) is 16.6 Å². The van der Waals surface area contributed by atoms with E-state index in [1.807, 2.05) is 60.7 Å². The van der Waals surface area contributed by atoms with Gasteiger partial charge in [0.2, 0.25) is 0 Å². The Morgan fingerprint density at radius 3 is 1.71 bits per heavy atom. The van der Waals surface area contributed by atoms with E-state index in [1.165, 1.54) is 0 Å². The van der Waals surface area contributed by atoms with Crippen LogP contribution in [0.2, 0.25) is 5.02 Å². The summed E-state index contributed by atoms with van der Waals surface area (Å²) in [7, 11) is -1.37. The second-order valence-corrected chi connectivity index (χ2v) is 7.42. The molecule has 3 aromatic carbocycles. The van der Waals surface area contributed by atoms with Crippen LogP contribution in [0.15, 0.2) is 89.8 Å². The SMILES string of the molecule is O=S(CC(O)(c1ccccc1)c1ccccc1)c1ccc(Cl)cc1. The second kappa shape index (κ2) is 7.31. The molecule has 0 aliphatic heterocycles. The highest BCUT2D eigenvalue weighted by molar-refractivity contribution is 7.85. The highest BCUT2D eigenvalue weighted by Crippen LogP contribution is 2.31. The van der Waals surface area contributed by atoms with Crippen LogP contribution in [0, 0.1) is 0 Å². The van der Waals surface area contributed by atoms with Crippen LogP contribution in [0.4, 0.5) is 0 Å². The molecule has 0 saturated carbocycles. The average Bonchev–Trinajstić information content (AvgIpc) is 2.63. The summed E-state index contributed by atoms with van der Waals surface area (Å²) >= 11 is 5.89. The molecule has 0 aliphatic carbocycles. The van der Waals surface area contributed by atoms with Gasteiger partial charge in [0, 0.05) is 9.92 Å². The van der Waals surface area contributed by atoms with E-state index in [2.05, 4.69) is 0 Å². The maximum Gasteiger partial charge on any atom is 0.126 e. The fourth-order valence-electron chi connectivity index (χ4n) is 2.62. The molecular formula is C20H17ClO2S. The number of benzene rings is 3. The van der Waals surface area contributed by atoms with Gasteiger partial charge in [-0.05, 0) is 35.4 Å². The van der Waals surface area contributed by atoms with Gasteiger partial charge in [-0.15, -0.1) is 0 Å². The summed E-state index contributed by atoms with van der Waals surface area (Å²) in [4.78, 5) is 0.643. The van der Waals surface area contributed by atoms with Crippen LogP contribution in [0.5, 0.6) is 0 Å². The quantitative estimate of drug-likeness (QED) is 0.736. The van der Waals surface area contributed by atoms with Crippen molar-refractivity contribution in [3.05, 3.63) is 101 Å². The minimum absolute atomic E-state index is 0.0721. The molecule has 0 heterocycles. The van der Waals surface area contributed by atoms with Crippen LogP contribution in [0.3, 0.4) is 0 Å². The lowest BCUT2D eigenvalue weighted by Crippen LogP contribution is -2.33. The van der Waals surface area contributed by atoms with Crippen LogP contribution in [-0.4, -0.2) is 15.1 Å². The van der Waals surface area contributed by atoms with Gasteiger partial charge in [0.25, 0.3) is 0 Å². The third-order valence-electron chi connectivity index (χ3n) is 3.92. The first-order chi connectivity index (χ1) is 11.6. The Bertz CT molecular complexity index is 778. The molecule has 0 amide bonds. The standard InChI is InChI=1S/C20H17ClO2S/c21-18-11-13-19(14-12-18)24(23)15-20(22,16-7-3-1-4-8-16)17-9-5-2-6-10-17/h1-14,22H,15H2. The molecule has 0 aliphatic rings. The number of hydrogen-bond acceptors (Lipinski definition) is 2. The third-order valence-corrected chi connectivity index (χ3v) is 5.65. The van der Waals surface area contributed by atoms with Crippen molar-refractivity contribution in [1.82, 2.24) is 0 Å². The fourth-order valence-corrected chi connectivity index (χ4v) is 4.07. The zero-order chi connectivity index (χ0) is 17.0. The lowest BCUT2D eigenvalue weighted by molar-refractivity contribution is 0.106. The maximum absolute atomic E-state index is 12.8. The fraction of sp³-hybridized carbons (Fsp3) is 0.100. The van der Waals surface area contributed by atoms with Gasteiger partial charge in [0.1, 0.15) is 5.60 Å². The molecule has 1 atom stereocenters. The van der Waals surface area contributed by atoms with Crippen molar-refractivity contribution in [2.45, 2.75) is 10.5 Å².